The fraction of sp³-hybridized carbons (Fsp3) is 0.742. The maximum Gasteiger partial charge on any atom is 0.339 e. The quantitative estimate of drug-likeness (QED) is 0.386. The number of hydrogen-bond donors (Lipinski definition) is 1. The van der Waals surface area contributed by atoms with Crippen LogP contribution >= 0.6 is 0 Å². The number of aliphatic carboxylic acids is 1. The Morgan fingerprint density at radius 2 is 1.62 bits per heavy atom. The zero-order chi connectivity index (χ0) is 27.3. The SMILES string of the molecule is COC(=O)[C@]12CCC(C)(C)C[C@H]1[C@H]1C(=O)C=C3[C@@]4(C)C=C(C(=O)O)C(=O)[C@@H](C)[C@@H]4CC[C@@]3(C)[C@]1(C)CC2. The lowest BCUT2D eigenvalue weighted by Crippen LogP contribution is -2.65. The molecular formula is C31H42O6. The van der Waals surface area contributed by atoms with Gasteiger partial charge in [-0.15, -0.1) is 0 Å². The first kappa shape index (κ1) is 26.4. The summed E-state index contributed by atoms with van der Waals surface area (Å²) in [5.74, 6) is -2.46. The average Bonchev–Trinajstić information content (AvgIpc) is 2.82. The normalized spacial score (nSPS) is 46.4. The Kier molecular flexibility index (Phi) is 5.62. The zero-order valence-electron chi connectivity index (χ0n) is 23.4. The number of hydrogen-bond acceptors (Lipinski definition) is 5. The highest BCUT2D eigenvalue weighted by molar-refractivity contribution is 6.18. The molecule has 5 aliphatic carbocycles. The van der Waals surface area contributed by atoms with Crippen LogP contribution in [0.2, 0.25) is 0 Å². The van der Waals surface area contributed by atoms with Gasteiger partial charge in [-0.25, -0.2) is 4.79 Å². The number of methoxy groups -OCH3 is 1. The van der Waals surface area contributed by atoms with Crippen LogP contribution < -0.4 is 0 Å². The minimum atomic E-state index is -1.19. The van der Waals surface area contributed by atoms with Gasteiger partial charge in [-0.3, -0.25) is 14.4 Å². The van der Waals surface area contributed by atoms with E-state index in [4.69, 9.17) is 4.74 Å². The number of carbonyl (C=O) groups is 4. The van der Waals surface area contributed by atoms with Crippen molar-refractivity contribution in [1.29, 1.82) is 0 Å². The maximum atomic E-state index is 14.3. The molecule has 3 saturated carbocycles. The van der Waals surface area contributed by atoms with Gasteiger partial charge in [0.05, 0.1) is 18.1 Å². The predicted octanol–water partition coefficient (Wildman–Crippen LogP) is 5.55. The van der Waals surface area contributed by atoms with Crippen LogP contribution in [0.25, 0.3) is 0 Å². The second kappa shape index (κ2) is 7.89. The molecule has 0 radical (unpaired) electrons. The van der Waals surface area contributed by atoms with E-state index >= 15 is 0 Å². The van der Waals surface area contributed by atoms with Crippen molar-refractivity contribution in [3.05, 3.63) is 23.3 Å². The Hall–Kier alpha value is -2.24. The van der Waals surface area contributed by atoms with Crippen molar-refractivity contribution in [3.8, 4) is 0 Å². The maximum absolute atomic E-state index is 14.3. The Balaban J connectivity index is 1.69. The van der Waals surface area contributed by atoms with Crippen molar-refractivity contribution >= 4 is 23.5 Å². The number of carbonyl (C=O) groups excluding carboxylic acids is 3. The minimum absolute atomic E-state index is 0.0353. The van der Waals surface area contributed by atoms with Crippen LogP contribution in [0.3, 0.4) is 0 Å². The summed E-state index contributed by atoms with van der Waals surface area (Å²) in [5.41, 5.74) is -1.17. The largest absolute Gasteiger partial charge is 0.478 e. The molecule has 0 aliphatic heterocycles. The summed E-state index contributed by atoms with van der Waals surface area (Å²) in [6.07, 6.45) is 9.05. The van der Waals surface area contributed by atoms with Gasteiger partial charge in [-0.2, -0.15) is 0 Å². The molecule has 6 heteroatoms. The number of esters is 1. The fourth-order valence-electron chi connectivity index (χ4n) is 9.89. The van der Waals surface area contributed by atoms with Gasteiger partial charge >= 0.3 is 11.9 Å². The van der Waals surface area contributed by atoms with E-state index in [9.17, 15) is 24.3 Å². The summed E-state index contributed by atoms with van der Waals surface area (Å²) >= 11 is 0. The second-order valence-electron chi connectivity index (χ2n) is 14.3. The van der Waals surface area contributed by atoms with Crippen molar-refractivity contribution in [3.63, 3.8) is 0 Å². The van der Waals surface area contributed by atoms with E-state index in [1.807, 2.05) is 19.9 Å². The van der Waals surface area contributed by atoms with Gasteiger partial charge in [0, 0.05) is 17.3 Å². The van der Waals surface area contributed by atoms with Crippen molar-refractivity contribution in [2.24, 2.45) is 50.7 Å². The molecule has 0 saturated heterocycles. The number of carboxylic acids is 1. The molecule has 6 nitrogen and oxygen atoms in total. The molecule has 8 atom stereocenters. The topological polar surface area (TPSA) is 97.7 Å². The van der Waals surface area contributed by atoms with E-state index in [0.29, 0.717) is 6.42 Å². The number of rotatable bonds is 2. The van der Waals surface area contributed by atoms with E-state index < -0.39 is 22.7 Å². The molecule has 0 bridgehead atoms. The zero-order valence-corrected chi connectivity index (χ0v) is 23.4. The summed E-state index contributed by atoms with van der Waals surface area (Å²) in [6, 6.07) is 0. The predicted molar refractivity (Wildman–Crippen MR) is 138 cm³/mol. The lowest BCUT2D eigenvalue weighted by atomic mass is 9.35. The van der Waals surface area contributed by atoms with Crippen molar-refractivity contribution in [2.75, 3.05) is 7.11 Å². The highest BCUT2D eigenvalue weighted by Gasteiger charge is 2.70. The third-order valence-electron chi connectivity index (χ3n) is 12.2. The molecule has 37 heavy (non-hydrogen) atoms. The van der Waals surface area contributed by atoms with E-state index in [0.717, 1.165) is 44.1 Å². The second-order valence-corrected chi connectivity index (χ2v) is 14.3. The van der Waals surface area contributed by atoms with Crippen molar-refractivity contribution in [1.82, 2.24) is 0 Å². The molecule has 0 amide bonds. The molecule has 0 heterocycles. The number of allylic oxidation sites excluding steroid dienone is 3. The van der Waals surface area contributed by atoms with Gasteiger partial charge in [-0.05, 0) is 79.1 Å². The highest BCUT2D eigenvalue weighted by atomic mass is 16.5. The van der Waals surface area contributed by atoms with Crippen LogP contribution in [0.4, 0.5) is 0 Å². The number of ketones is 2. The molecular weight excluding hydrogens is 468 g/mol. The molecule has 0 spiro atoms. The lowest BCUT2D eigenvalue weighted by molar-refractivity contribution is -0.190. The van der Waals surface area contributed by atoms with Crippen LogP contribution in [0.15, 0.2) is 23.3 Å². The van der Waals surface area contributed by atoms with Gasteiger partial charge in [0.25, 0.3) is 0 Å². The number of Topliss-reactive ketones (excluding diaryl/α,β-unsaturated/α-hetero) is 1. The summed E-state index contributed by atoms with van der Waals surface area (Å²) in [4.78, 5) is 52.6. The molecule has 0 aromatic rings. The standard InChI is InChI=1S/C31H42O6/c1-17-19-8-9-29(5)22(28(19,4)15-18(24(17)33)25(34)35)14-21(32)23-20-16-27(2,3)10-12-31(20,26(36)37-7)13-11-30(23,29)6/h14-15,17,19-20,23H,8-13,16H2,1-7H3,(H,34,35)/t17-,19-,20-,23-,28-,29+,30+,31-/m0/s1. The minimum Gasteiger partial charge on any atom is -0.478 e. The molecule has 0 unspecified atom stereocenters. The first-order chi connectivity index (χ1) is 17.1. The Bertz CT molecular complexity index is 1160. The summed E-state index contributed by atoms with van der Waals surface area (Å²) in [6.45, 7) is 12.9. The van der Waals surface area contributed by atoms with Gasteiger partial charge in [-0.1, -0.05) is 53.2 Å². The summed E-state index contributed by atoms with van der Waals surface area (Å²) in [5, 5.41) is 9.84. The molecule has 0 aromatic heterocycles. The van der Waals surface area contributed by atoms with Crippen LogP contribution in [0.1, 0.15) is 86.5 Å². The third kappa shape index (κ3) is 3.22. The van der Waals surface area contributed by atoms with Gasteiger partial charge in [0.1, 0.15) is 0 Å². The van der Waals surface area contributed by atoms with Crippen molar-refractivity contribution in [2.45, 2.75) is 86.5 Å². The average molecular weight is 511 g/mol. The van der Waals surface area contributed by atoms with Crippen LogP contribution in [0, 0.1) is 50.7 Å². The smallest absolute Gasteiger partial charge is 0.339 e. The lowest BCUT2D eigenvalue weighted by Gasteiger charge is -2.68. The Labute approximate surface area is 220 Å². The molecule has 5 aliphatic rings. The number of carboxylic acid groups (broad SMARTS) is 1. The highest BCUT2D eigenvalue weighted by Crippen LogP contribution is 2.73. The number of ether oxygens (including phenoxy) is 1. The van der Waals surface area contributed by atoms with Gasteiger partial charge < -0.3 is 9.84 Å². The van der Waals surface area contributed by atoms with Crippen LogP contribution in [-0.2, 0) is 23.9 Å². The number of fused-ring (bicyclic) bond motifs is 7. The third-order valence-corrected chi connectivity index (χ3v) is 12.2. The fourth-order valence-corrected chi connectivity index (χ4v) is 9.89. The first-order valence-corrected chi connectivity index (χ1v) is 13.9. The Morgan fingerprint density at radius 1 is 0.973 bits per heavy atom. The summed E-state index contributed by atoms with van der Waals surface area (Å²) in [7, 11) is 1.46. The molecule has 0 aromatic carbocycles. The van der Waals surface area contributed by atoms with Gasteiger partial charge in [0.2, 0.25) is 0 Å². The van der Waals surface area contributed by atoms with Crippen LogP contribution in [0.5, 0.6) is 0 Å². The molecule has 3 fully saturated rings. The van der Waals surface area contributed by atoms with E-state index in [1.54, 1.807) is 6.08 Å². The molecule has 1 N–H and O–H groups in total. The monoisotopic (exact) mass is 510 g/mol. The molecule has 5 rings (SSSR count). The van der Waals surface area contributed by atoms with Crippen LogP contribution in [-0.4, -0.2) is 35.7 Å². The van der Waals surface area contributed by atoms with E-state index in [1.165, 1.54) is 7.11 Å². The van der Waals surface area contributed by atoms with E-state index in [2.05, 4.69) is 27.7 Å². The Morgan fingerprint density at radius 3 is 2.24 bits per heavy atom. The van der Waals surface area contributed by atoms with Gasteiger partial charge in [0.15, 0.2) is 11.6 Å². The summed E-state index contributed by atoms with van der Waals surface area (Å²) < 4.78 is 5.38. The molecule has 202 valence electrons. The van der Waals surface area contributed by atoms with Crippen molar-refractivity contribution < 1.29 is 29.0 Å². The van der Waals surface area contributed by atoms with E-state index in [-0.39, 0.29) is 57.1 Å². The first-order valence-electron chi connectivity index (χ1n) is 13.9.